The van der Waals surface area contributed by atoms with Crippen molar-refractivity contribution in [3.05, 3.63) is 43.1 Å². The van der Waals surface area contributed by atoms with E-state index in [1.165, 1.54) is 12.1 Å². The Kier molecular flexibility index (Phi) is 2.76. The molecule has 0 aliphatic carbocycles. The monoisotopic (exact) mass is 250 g/mol. The molecule has 1 heterocycles. The molecule has 0 saturated heterocycles. The highest BCUT2D eigenvalue weighted by Gasteiger charge is 2.24. The van der Waals surface area contributed by atoms with Crippen LogP contribution in [0.4, 0.5) is 0 Å². The predicted molar refractivity (Wildman–Crippen MR) is 57.8 cm³/mol. The molecule has 0 unspecified atom stereocenters. The van der Waals surface area contributed by atoms with Gasteiger partial charge in [0.1, 0.15) is 6.33 Å². The summed E-state index contributed by atoms with van der Waals surface area (Å²) < 4.78 is 24.2. The lowest BCUT2D eigenvalue weighted by molar-refractivity contribution is 0.423. The molecule has 0 bridgehead atoms. The number of aromatic nitrogens is 3. The van der Waals surface area contributed by atoms with Gasteiger partial charge in [0.2, 0.25) is 14.9 Å². The standard InChI is InChI=1S/C10H8N3O3S/c1-7-3-2-4-8(5-7)17(15,16)10-9(14)11-6-12-13-10/h2-6H,1H2,(H,11,12,14). The lowest BCUT2D eigenvalue weighted by atomic mass is 10.2. The second-order valence-electron chi connectivity index (χ2n) is 3.24. The molecular weight excluding hydrogens is 242 g/mol. The van der Waals surface area contributed by atoms with E-state index in [9.17, 15) is 13.5 Å². The zero-order chi connectivity index (χ0) is 12.5. The van der Waals surface area contributed by atoms with Gasteiger partial charge in [-0.2, -0.15) is 4.98 Å². The number of hydrogen-bond acceptors (Lipinski definition) is 6. The molecule has 0 spiro atoms. The van der Waals surface area contributed by atoms with Crippen LogP contribution in [0.2, 0.25) is 0 Å². The van der Waals surface area contributed by atoms with Gasteiger partial charge in [-0.1, -0.05) is 12.1 Å². The molecule has 0 atom stereocenters. The zero-order valence-electron chi connectivity index (χ0n) is 8.61. The van der Waals surface area contributed by atoms with E-state index < -0.39 is 20.7 Å². The summed E-state index contributed by atoms with van der Waals surface area (Å²) in [6.45, 7) is 3.63. The van der Waals surface area contributed by atoms with Crippen molar-refractivity contribution in [2.75, 3.05) is 0 Å². The molecule has 7 heteroatoms. The van der Waals surface area contributed by atoms with Crippen molar-refractivity contribution in [3.63, 3.8) is 0 Å². The van der Waals surface area contributed by atoms with Crippen molar-refractivity contribution in [3.8, 4) is 5.88 Å². The van der Waals surface area contributed by atoms with Crippen LogP contribution in [0.1, 0.15) is 5.56 Å². The van der Waals surface area contributed by atoms with E-state index in [1.54, 1.807) is 12.1 Å². The van der Waals surface area contributed by atoms with E-state index in [2.05, 4.69) is 22.1 Å². The first-order valence-electron chi connectivity index (χ1n) is 4.55. The van der Waals surface area contributed by atoms with Crippen LogP contribution in [0.25, 0.3) is 0 Å². The van der Waals surface area contributed by atoms with E-state index >= 15 is 0 Å². The molecule has 2 rings (SSSR count). The van der Waals surface area contributed by atoms with E-state index in [0.29, 0.717) is 5.56 Å². The van der Waals surface area contributed by atoms with Gasteiger partial charge in [0, 0.05) is 0 Å². The second kappa shape index (κ2) is 4.10. The van der Waals surface area contributed by atoms with Gasteiger partial charge in [-0.05, 0) is 24.6 Å². The lowest BCUT2D eigenvalue weighted by Crippen LogP contribution is -2.07. The molecule has 1 radical (unpaired) electrons. The molecule has 17 heavy (non-hydrogen) atoms. The maximum absolute atomic E-state index is 12.1. The number of nitrogens with zero attached hydrogens (tertiary/aromatic N) is 3. The molecule has 87 valence electrons. The van der Waals surface area contributed by atoms with Crippen molar-refractivity contribution in [2.24, 2.45) is 0 Å². The minimum Gasteiger partial charge on any atom is -0.491 e. The summed E-state index contributed by atoms with van der Waals surface area (Å²) in [6.07, 6.45) is 0.964. The van der Waals surface area contributed by atoms with Crippen LogP contribution < -0.4 is 0 Å². The lowest BCUT2D eigenvalue weighted by Gasteiger charge is -2.04. The van der Waals surface area contributed by atoms with E-state index in [1.807, 2.05) is 0 Å². The van der Waals surface area contributed by atoms with Gasteiger partial charge in [0.25, 0.3) is 5.88 Å². The van der Waals surface area contributed by atoms with E-state index in [-0.39, 0.29) is 4.90 Å². The first-order chi connectivity index (χ1) is 8.01. The van der Waals surface area contributed by atoms with Crippen LogP contribution in [0.15, 0.2) is 40.5 Å². The molecule has 0 fully saturated rings. The fourth-order valence-corrected chi connectivity index (χ4v) is 2.49. The summed E-state index contributed by atoms with van der Waals surface area (Å²) in [5.41, 5.74) is 0.544. The third kappa shape index (κ3) is 2.09. The van der Waals surface area contributed by atoms with E-state index in [4.69, 9.17) is 0 Å². The molecule has 1 aromatic heterocycles. The van der Waals surface area contributed by atoms with Gasteiger partial charge in [-0.25, -0.2) is 8.42 Å². The van der Waals surface area contributed by atoms with Gasteiger partial charge in [-0.3, -0.25) is 0 Å². The Morgan fingerprint density at radius 1 is 1.29 bits per heavy atom. The normalized spacial score (nSPS) is 11.4. The molecule has 1 aromatic carbocycles. The average Bonchev–Trinajstić information content (AvgIpc) is 2.29. The fourth-order valence-electron chi connectivity index (χ4n) is 1.26. The summed E-state index contributed by atoms with van der Waals surface area (Å²) in [5, 5.41) is 15.5. The number of rotatable bonds is 2. The van der Waals surface area contributed by atoms with Gasteiger partial charge in [0.15, 0.2) is 0 Å². The van der Waals surface area contributed by atoms with Crippen molar-refractivity contribution < 1.29 is 13.5 Å². The zero-order valence-corrected chi connectivity index (χ0v) is 9.42. The minimum absolute atomic E-state index is 0.0115. The van der Waals surface area contributed by atoms with Crippen molar-refractivity contribution in [2.45, 2.75) is 9.92 Å². The summed E-state index contributed by atoms with van der Waals surface area (Å²) in [5.74, 6) is -0.672. The SMILES string of the molecule is [CH2]c1cccc(S(=O)(=O)c2nncnc2O)c1. The molecule has 0 aliphatic heterocycles. The van der Waals surface area contributed by atoms with Crippen LogP contribution in [0, 0.1) is 6.92 Å². The summed E-state index contributed by atoms with van der Waals surface area (Å²) in [4.78, 5) is 3.37. The maximum atomic E-state index is 12.1. The Balaban J connectivity index is 2.63. The smallest absolute Gasteiger partial charge is 0.253 e. The summed E-state index contributed by atoms with van der Waals surface area (Å²) in [6, 6.07) is 5.98. The Labute approximate surface area is 97.9 Å². The van der Waals surface area contributed by atoms with Gasteiger partial charge in [-0.15, -0.1) is 10.2 Å². The first-order valence-corrected chi connectivity index (χ1v) is 6.04. The molecule has 0 saturated carbocycles. The van der Waals surface area contributed by atoms with E-state index in [0.717, 1.165) is 6.33 Å². The summed E-state index contributed by atoms with van der Waals surface area (Å²) >= 11 is 0. The Bertz CT molecular complexity index is 655. The molecule has 1 N–H and O–H groups in total. The third-order valence-corrected chi connectivity index (χ3v) is 3.68. The summed E-state index contributed by atoms with van der Waals surface area (Å²) in [7, 11) is -3.92. The van der Waals surface area contributed by atoms with Crippen molar-refractivity contribution in [1.29, 1.82) is 0 Å². The highest BCUT2D eigenvalue weighted by Crippen LogP contribution is 2.24. The number of benzene rings is 1. The topological polar surface area (TPSA) is 93.0 Å². The van der Waals surface area contributed by atoms with Gasteiger partial charge >= 0.3 is 0 Å². The molecule has 2 aromatic rings. The quantitative estimate of drug-likeness (QED) is 0.838. The Morgan fingerprint density at radius 2 is 2.06 bits per heavy atom. The number of hydrogen-bond donors (Lipinski definition) is 1. The van der Waals surface area contributed by atoms with Crippen molar-refractivity contribution in [1.82, 2.24) is 15.2 Å². The maximum Gasteiger partial charge on any atom is 0.253 e. The second-order valence-corrected chi connectivity index (χ2v) is 5.10. The molecule has 0 aliphatic rings. The highest BCUT2D eigenvalue weighted by atomic mass is 32.2. The Morgan fingerprint density at radius 3 is 2.71 bits per heavy atom. The van der Waals surface area contributed by atoms with Gasteiger partial charge < -0.3 is 5.11 Å². The largest absolute Gasteiger partial charge is 0.491 e. The van der Waals surface area contributed by atoms with Crippen LogP contribution in [-0.4, -0.2) is 28.7 Å². The first kappa shape index (κ1) is 11.5. The highest BCUT2D eigenvalue weighted by molar-refractivity contribution is 7.91. The van der Waals surface area contributed by atoms with Crippen LogP contribution in [0.3, 0.4) is 0 Å². The predicted octanol–water partition coefficient (Wildman–Crippen LogP) is 0.592. The van der Waals surface area contributed by atoms with Crippen LogP contribution >= 0.6 is 0 Å². The molecule has 6 nitrogen and oxygen atoms in total. The minimum atomic E-state index is -3.92. The fraction of sp³-hybridized carbons (Fsp3) is 0. The van der Waals surface area contributed by atoms with Crippen LogP contribution in [0.5, 0.6) is 5.88 Å². The number of sulfone groups is 1. The third-order valence-electron chi connectivity index (χ3n) is 2.03. The average molecular weight is 250 g/mol. The van der Waals surface area contributed by atoms with Crippen molar-refractivity contribution >= 4 is 9.84 Å². The Hall–Kier alpha value is -2.02. The molecular formula is C10H8N3O3S. The van der Waals surface area contributed by atoms with Gasteiger partial charge in [0.05, 0.1) is 4.90 Å². The van der Waals surface area contributed by atoms with Crippen LogP contribution in [-0.2, 0) is 9.84 Å². The molecule has 0 amide bonds. The number of aromatic hydroxyl groups is 1.